The van der Waals surface area contributed by atoms with E-state index in [1.165, 1.54) is 0 Å². The number of thiazole rings is 1. The van der Waals surface area contributed by atoms with Crippen LogP contribution in [0.4, 0.5) is 13.2 Å². The lowest BCUT2D eigenvalue weighted by Gasteiger charge is -2.04. The van der Waals surface area contributed by atoms with Crippen molar-refractivity contribution in [2.45, 2.75) is 25.1 Å². The predicted octanol–water partition coefficient (Wildman–Crippen LogP) is 1.52. The molecule has 102 valence electrons. The molecule has 2 heterocycles. The lowest BCUT2D eigenvalue weighted by Crippen LogP contribution is -2.11. The number of alkyl halides is 3. The smallest absolute Gasteiger partial charge is 0.326 e. The lowest BCUT2D eigenvalue weighted by atomic mass is 10.1. The van der Waals surface area contributed by atoms with Crippen LogP contribution in [0, 0.1) is 0 Å². The Bertz CT molecular complexity index is 551. The predicted molar refractivity (Wildman–Crippen MR) is 61.0 cm³/mol. The maximum atomic E-state index is 12.7. The first-order valence-electron chi connectivity index (χ1n) is 5.20. The summed E-state index contributed by atoms with van der Waals surface area (Å²) in [6.45, 7) is -0.244. The highest BCUT2D eigenvalue weighted by Gasteiger charge is 2.39. The van der Waals surface area contributed by atoms with E-state index in [-0.39, 0.29) is 27.9 Å². The van der Waals surface area contributed by atoms with Crippen molar-refractivity contribution < 1.29 is 21.6 Å². The Hall–Kier alpha value is -0.670. The molecular weight excluding hydrogens is 289 g/mol. The summed E-state index contributed by atoms with van der Waals surface area (Å²) in [5.41, 5.74) is 4.29. The Morgan fingerprint density at radius 2 is 2.11 bits per heavy atom. The fraction of sp³-hybridized carbons (Fsp3) is 0.667. The molecule has 1 aromatic heterocycles. The topological polar surface area (TPSA) is 73.1 Å². The number of hydrogen-bond donors (Lipinski definition) is 1. The van der Waals surface area contributed by atoms with Crippen LogP contribution in [0.5, 0.6) is 0 Å². The standard InChI is InChI=1S/C9H11F3N2O2S2/c10-9(11,12)7-6(3-13)17-8(14-7)5-1-2-18(15,16)4-5/h5H,1-4,13H2. The zero-order valence-electron chi connectivity index (χ0n) is 9.20. The van der Waals surface area contributed by atoms with Crippen LogP contribution in [0.25, 0.3) is 0 Å². The minimum absolute atomic E-state index is 0.0105. The van der Waals surface area contributed by atoms with Crippen molar-refractivity contribution in [2.24, 2.45) is 5.73 Å². The van der Waals surface area contributed by atoms with Gasteiger partial charge in [0.25, 0.3) is 0 Å². The molecular formula is C9H11F3N2O2S2. The van der Waals surface area contributed by atoms with E-state index in [9.17, 15) is 21.6 Å². The first-order valence-corrected chi connectivity index (χ1v) is 7.84. The van der Waals surface area contributed by atoms with E-state index in [0.717, 1.165) is 11.3 Å². The van der Waals surface area contributed by atoms with Crippen LogP contribution in [0.2, 0.25) is 0 Å². The Morgan fingerprint density at radius 3 is 2.50 bits per heavy atom. The molecule has 1 unspecified atom stereocenters. The molecule has 1 atom stereocenters. The highest BCUT2D eigenvalue weighted by molar-refractivity contribution is 7.91. The maximum Gasteiger partial charge on any atom is 0.434 e. The Labute approximate surface area is 106 Å². The van der Waals surface area contributed by atoms with E-state index in [1.54, 1.807) is 0 Å². The molecule has 0 aliphatic carbocycles. The highest BCUT2D eigenvalue weighted by atomic mass is 32.2. The fourth-order valence-corrected chi connectivity index (χ4v) is 4.85. The van der Waals surface area contributed by atoms with Gasteiger partial charge >= 0.3 is 6.18 Å². The van der Waals surface area contributed by atoms with Gasteiger partial charge in [0.15, 0.2) is 15.5 Å². The van der Waals surface area contributed by atoms with Crippen molar-refractivity contribution in [1.82, 2.24) is 4.98 Å². The van der Waals surface area contributed by atoms with Gasteiger partial charge in [0.1, 0.15) is 0 Å². The summed E-state index contributed by atoms with van der Waals surface area (Å²) < 4.78 is 60.6. The van der Waals surface area contributed by atoms with Crippen LogP contribution in [0.15, 0.2) is 0 Å². The van der Waals surface area contributed by atoms with Gasteiger partial charge in [0.2, 0.25) is 0 Å². The lowest BCUT2D eigenvalue weighted by molar-refractivity contribution is -0.141. The summed E-state index contributed by atoms with van der Waals surface area (Å²) in [6, 6.07) is 0. The van der Waals surface area contributed by atoms with Crippen LogP contribution < -0.4 is 5.73 Å². The average molecular weight is 300 g/mol. The van der Waals surface area contributed by atoms with Gasteiger partial charge < -0.3 is 5.73 Å². The molecule has 0 spiro atoms. The van der Waals surface area contributed by atoms with Gasteiger partial charge in [0, 0.05) is 12.5 Å². The van der Waals surface area contributed by atoms with Crippen molar-refractivity contribution in [3.63, 3.8) is 0 Å². The summed E-state index contributed by atoms with van der Waals surface area (Å²) in [6.07, 6.45) is -4.21. The highest BCUT2D eigenvalue weighted by Crippen LogP contribution is 2.38. The van der Waals surface area contributed by atoms with E-state index in [1.807, 2.05) is 0 Å². The SMILES string of the molecule is NCc1sc(C2CCS(=O)(=O)C2)nc1C(F)(F)F. The fourth-order valence-electron chi connectivity index (χ4n) is 1.89. The molecule has 0 radical (unpaired) electrons. The molecule has 0 saturated carbocycles. The molecule has 1 aliphatic heterocycles. The zero-order valence-corrected chi connectivity index (χ0v) is 10.8. The second kappa shape index (κ2) is 4.46. The van der Waals surface area contributed by atoms with Crippen LogP contribution in [0.1, 0.15) is 27.9 Å². The van der Waals surface area contributed by atoms with E-state index in [2.05, 4.69) is 4.98 Å². The molecule has 1 aliphatic rings. The molecule has 0 bridgehead atoms. The first kappa shape index (κ1) is 13.8. The number of rotatable bonds is 2. The first-order chi connectivity index (χ1) is 8.23. The Morgan fingerprint density at radius 1 is 1.44 bits per heavy atom. The van der Waals surface area contributed by atoms with Crippen LogP contribution in [-0.2, 0) is 22.6 Å². The average Bonchev–Trinajstić information content (AvgIpc) is 2.79. The van der Waals surface area contributed by atoms with E-state index < -0.39 is 27.6 Å². The van der Waals surface area contributed by atoms with Crippen LogP contribution in [-0.4, -0.2) is 24.9 Å². The molecule has 9 heteroatoms. The molecule has 1 aromatic rings. The molecule has 4 nitrogen and oxygen atoms in total. The summed E-state index contributed by atoms with van der Waals surface area (Å²) in [5, 5.41) is 0.226. The number of nitrogens with two attached hydrogens (primary N) is 1. The Balaban J connectivity index is 2.34. The van der Waals surface area contributed by atoms with Gasteiger partial charge in [0.05, 0.1) is 21.4 Å². The second-order valence-electron chi connectivity index (χ2n) is 4.13. The summed E-state index contributed by atoms with van der Waals surface area (Å²) in [7, 11) is -3.14. The number of aromatic nitrogens is 1. The van der Waals surface area contributed by atoms with Gasteiger partial charge in [-0.2, -0.15) is 13.2 Å². The molecule has 1 fully saturated rings. The van der Waals surface area contributed by atoms with Gasteiger partial charge in [-0.05, 0) is 6.42 Å². The summed E-state index contributed by atoms with van der Waals surface area (Å²) in [5.74, 6) is -0.542. The van der Waals surface area contributed by atoms with Crippen molar-refractivity contribution in [2.75, 3.05) is 11.5 Å². The van der Waals surface area contributed by atoms with Gasteiger partial charge in [-0.25, -0.2) is 13.4 Å². The van der Waals surface area contributed by atoms with E-state index in [0.29, 0.717) is 6.42 Å². The van der Waals surface area contributed by atoms with E-state index >= 15 is 0 Å². The minimum atomic E-state index is -4.54. The summed E-state index contributed by atoms with van der Waals surface area (Å²) >= 11 is 0.864. The summed E-state index contributed by atoms with van der Waals surface area (Å²) in [4.78, 5) is 3.51. The number of hydrogen-bond acceptors (Lipinski definition) is 5. The molecule has 0 aromatic carbocycles. The second-order valence-corrected chi connectivity index (χ2v) is 7.47. The number of nitrogens with zero attached hydrogens (tertiary/aromatic N) is 1. The Kier molecular flexibility index (Phi) is 3.41. The van der Waals surface area contributed by atoms with Gasteiger partial charge in [-0.1, -0.05) is 0 Å². The van der Waals surface area contributed by atoms with Crippen molar-refractivity contribution in [1.29, 1.82) is 0 Å². The van der Waals surface area contributed by atoms with Crippen LogP contribution >= 0.6 is 11.3 Å². The normalized spacial score (nSPS) is 23.4. The number of sulfone groups is 1. The maximum absolute atomic E-state index is 12.7. The van der Waals surface area contributed by atoms with Crippen molar-refractivity contribution in [3.8, 4) is 0 Å². The van der Waals surface area contributed by atoms with Crippen molar-refractivity contribution >= 4 is 21.2 Å². The quantitative estimate of drug-likeness (QED) is 0.899. The minimum Gasteiger partial charge on any atom is -0.326 e. The monoisotopic (exact) mass is 300 g/mol. The third-order valence-corrected chi connectivity index (χ3v) is 5.76. The largest absolute Gasteiger partial charge is 0.434 e. The molecule has 1 saturated heterocycles. The molecule has 2 rings (SSSR count). The molecule has 18 heavy (non-hydrogen) atoms. The van der Waals surface area contributed by atoms with Gasteiger partial charge in [-0.3, -0.25) is 0 Å². The third kappa shape index (κ3) is 2.67. The van der Waals surface area contributed by atoms with Crippen molar-refractivity contribution in [3.05, 3.63) is 15.6 Å². The van der Waals surface area contributed by atoms with Crippen LogP contribution in [0.3, 0.4) is 0 Å². The van der Waals surface area contributed by atoms with E-state index in [4.69, 9.17) is 5.73 Å². The molecule has 2 N–H and O–H groups in total. The number of halogens is 3. The third-order valence-electron chi connectivity index (χ3n) is 2.75. The zero-order chi connectivity index (χ0) is 13.6. The van der Waals surface area contributed by atoms with Gasteiger partial charge in [-0.15, -0.1) is 11.3 Å². The molecule has 0 amide bonds.